The maximum atomic E-state index is 11.4. The van der Waals surface area contributed by atoms with Gasteiger partial charge in [0.05, 0.1) is 0 Å². The second-order valence-corrected chi connectivity index (χ2v) is 6.79. The molecule has 2 unspecified atom stereocenters. The first-order valence-corrected chi connectivity index (χ1v) is 7.82. The van der Waals surface area contributed by atoms with Crippen LogP contribution in [0.1, 0.15) is 60.8 Å². The molecule has 0 saturated heterocycles. The minimum Gasteiger partial charge on any atom is -0.379 e. The number of hydrogen-bond donors (Lipinski definition) is 2. The zero-order valence-corrected chi connectivity index (χ0v) is 13.1. The molecule has 1 aromatic carbocycles. The van der Waals surface area contributed by atoms with E-state index in [4.69, 9.17) is 5.73 Å². The Hall–Kier alpha value is -1.77. The summed E-state index contributed by atoms with van der Waals surface area (Å²) in [6.45, 7) is 6.58. The molecule has 1 saturated carbocycles. The van der Waals surface area contributed by atoms with Gasteiger partial charge in [0, 0.05) is 28.8 Å². The van der Waals surface area contributed by atoms with Gasteiger partial charge in [-0.3, -0.25) is 4.79 Å². The molecule has 0 aromatic heterocycles. The van der Waals surface area contributed by atoms with Crippen molar-refractivity contribution >= 4 is 11.6 Å². The van der Waals surface area contributed by atoms with Gasteiger partial charge in [-0.25, -0.2) is 0 Å². The third-order valence-corrected chi connectivity index (χ3v) is 5.20. The fourth-order valence-electron chi connectivity index (χ4n) is 4.21. The van der Waals surface area contributed by atoms with Crippen LogP contribution in [0, 0.1) is 13.8 Å². The van der Waals surface area contributed by atoms with Crippen molar-refractivity contribution in [2.75, 3.05) is 0 Å². The summed E-state index contributed by atoms with van der Waals surface area (Å²) in [7, 11) is 0. The van der Waals surface area contributed by atoms with Gasteiger partial charge in [-0.2, -0.15) is 0 Å². The van der Waals surface area contributed by atoms with Crippen molar-refractivity contribution in [3.63, 3.8) is 0 Å². The van der Waals surface area contributed by atoms with Crippen LogP contribution < -0.4 is 11.1 Å². The molecule has 2 atom stereocenters. The van der Waals surface area contributed by atoms with Crippen LogP contribution in [0.5, 0.6) is 0 Å². The summed E-state index contributed by atoms with van der Waals surface area (Å²) in [4.78, 5) is 11.4. The van der Waals surface area contributed by atoms with Crippen LogP contribution in [0.3, 0.4) is 0 Å². The van der Waals surface area contributed by atoms with Crippen molar-refractivity contribution in [2.24, 2.45) is 5.73 Å². The van der Waals surface area contributed by atoms with E-state index in [-0.39, 0.29) is 11.4 Å². The van der Waals surface area contributed by atoms with Gasteiger partial charge in [0.1, 0.15) is 0 Å². The van der Waals surface area contributed by atoms with Crippen molar-refractivity contribution in [1.29, 1.82) is 0 Å². The Bertz CT molecular complexity index is 632. The van der Waals surface area contributed by atoms with E-state index in [1.54, 1.807) is 6.08 Å². The molecule has 3 N–H and O–H groups in total. The second kappa shape index (κ2) is 4.90. The van der Waals surface area contributed by atoms with Crippen LogP contribution in [0.15, 0.2) is 18.2 Å². The highest BCUT2D eigenvalue weighted by atomic mass is 16.1. The fraction of sp³-hybridized carbons (Fsp3) is 0.500. The van der Waals surface area contributed by atoms with Gasteiger partial charge in [0.15, 0.2) is 0 Å². The normalized spacial score (nSPS) is 29.5. The van der Waals surface area contributed by atoms with Gasteiger partial charge in [0.25, 0.3) is 0 Å². The van der Waals surface area contributed by atoms with Gasteiger partial charge < -0.3 is 11.1 Å². The molecule has 3 nitrogen and oxygen atoms in total. The van der Waals surface area contributed by atoms with Crippen LogP contribution in [-0.2, 0) is 4.79 Å². The molecule has 112 valence electrons. The number of aryl methyl sites for hydroxylation is 2. The predicted octanol–water partition coefficient (Wildman–Crippen LogP) is 3.15. The topological polar surface area (TPSA) is 55.1 Å². The number of nitrogens with two attached hydrogens (primary N) is 1. The Kier molecular flexibility index (Phi) is 3.31. The van der Waals surface area contributed by atoms with Crippen LogP contribution in [0.25, 0.3) is 5.70 Å². The Morgan fingerprint density at radius 2 is 2.05 bits per heavy atom. The zero-order chi connectivity index (χ0) is 15.2. The number of primary amides is 1. The van der Waals surface area contributed by atoms with E-state index in [9.17, 15) is 4.79 Å². The quantitative estimate of drug-likeness (QED) is 0.778. The summed E-state index contributed by atoms with van der Waals surface area (Å²) in [6, 6.07) is 4.34. The molecule has 1 heterocycles. The van der Waals surface area contributed by atoms with Gasteiger partial charge >= 0.3 is 0 Å². The van der Waals surface area contributed by atoms with Crippen LogP contribution in [0.4, 0.5) is 0 Å². The van der Waals surface area contributed by atoms with Crippen molar-refractivity contribution in [3.05, 3.63) is 40.5 Å². The lowest BCUT2D eigenvalue weighted by atomic mass is 9.65. The maximum Gasteiger partial charge on any atom is 0.243 e. The van der Waals surface area contributed by atoms with Crippen molar-refractivity contribution in [2.45, 2.75) is 57.9 Å². The van der Waals surface area contributed by atoms with Gasteiger partial charge in [-0.15, -0.1) is 0 Å². The average molecular weight is 284 g/mol. The average Bonchev–Trinajstić information content (AvgIpc) is 2.40. The van der Waals surface area contributed by atoms with Gasteiger partial charge in [-0.05, 0) is 50.3 Å². The van der Waals surface area contributed by atoms with Gasteiger partial charge in [0.2, 0.25) is 5.91 Å². The molecule has 1 amide bonds. The molecule has 21 heavy (non-hydrogen) atoms. The molecule has 0 spiro atoms. The predicted molar refractivity (Wildman–Crippen MR) is 85.8 cm³/mol. The molecule has 1 aliphatic heterocycles. The first kappa shape index (κ1) is 14.2. The number of hydrogen-bond acceptors (Lipinski definition) is 2. The Morgan fingerprint density at radius 3 is 2.76 bits per heavy atom. The molecule has 2 aliphatic rings. The lowest BCUT2D eigenvalue weighted by Gasteiger charge is -2.49. The minimum absolute atomic E-state index is 0.0328. The van der Waals surface area contributed by atoms with Crippen molar-refractivity contribution in [1.82, 2.24) is 5.32 Å². The molecule has 0 bridgehead atoms. The number of fused-ring (bicyclic) bond motifs is 3. The molecular weight excluding hydrogens is 260 g/mol. The van der Waals surface area contributed by atoms with E-state index in [0.717, 1.165) is 12.1 Å². The summed E-state index contributed by atoms with van der Waals surface area (Å²) < 4.78 is 0. The Labute approximate surface area is 126 Å². The van der Waals surface area contributed by atoms with E-state index in [2.05, 4.69) is 38.2 Å². The first-order chi connectivity index (χ1) is 9.92. The number of nitrogens with one attached hydrogen (secondary N) is 1. The maximum absolute atomic E-state index is 11.4. The standard InChI is InChI=1S/C18H24N2O/c1-11-7-8-12(2)17-14(10-15(19)21)20-18(3)9-5-4-6-13(18)16(11)17/h7-8,10,13,20H,4-6,9H2,1-3H3,(H2,19,21)/b14-10-. The third kappa shape index (κ3) is 2.25. The third-order valence-electron chi connectivity index (χ3n) is 5.20. The summed E-state index contributed by atoms with van der Waals surface area (Å²) in [5, 5.41) is 3.65. The lowest BCUT2D eigenvalue weighted by molar-refractivity contribution is -0.113. The summed E-state index contributed by atoms with van der Waals surface area (Å²) in [5.41, 5.74) is 11.5. The zero-order valence-electron chi connectivity index (χ0n) is 13.1. The van der Waals surface area contributed by atoms with Crippen LogP contribution in [-0.4, -0.2) is 11.4 Å². The van der Waals surface area contributed by atoms with E-state index in [1.165, 1.54) is 41.5 Å². The summed E-state index contributed by atoms with van der Waals surface area (Å²) >= 11 is 0. The number of amides is 1. The molecule has 1 fully saturated rings. The number of carbonyl (C=O) groups is 1. The lowest BCUT2D eigenvalue weighted by Crippen LogP contribution is -2.52. The van der Waals surface area contributed by atoms with Crippen LogP contribution in [0.2, 0.25) is 0 Å². The largest absolute Gasteiger partial charge is 0.379 e. The summed E-state index contributed by atoms with van der Waals surface area (Å²) in [6.07, 6.45) is 6.43. The molecular formula is C18H24N2O. The highest BCUT2D eigenvalue weighted by Crippen LogP contribution is 2.49. The minimum atomic E-state index is -0.387. The van der Waals surface area contributed by atoms with Crippen molar-refractivity contribution in [3.8, 4) is 0 Å². The van der Waals surface area contributed by atoms with Crippen molar-refractivity contribution < 1.29 is 4.79 Å². The second-order valence-electron chi connectivity index (χ2n) is 6.79. The molecule has 1 aliphatic carbocycles. The van der Waals surface area contributed by atoms with Gasteiger partial charge in [-0.1, -0.05) is 25.0 Å². The Balaban J connectivity index is 2.26. The SMILES string of the molecule is Cc1ccc(C)c2c1/C(=C/C(N)=O)NC1(C)CCCCC21. The van der Waals surface area contributed by atoms with E-state index in [0.29, 0.717) is 5.92 Å². The number of carbonyl (C=O) groups excluding carboxylic acids is 1. The molecule has 1 aromatic rings. The smallest absolute Gasteiger partial charge is 0.243 e. The highest BCUT2D eigenvalue weighted by Gasteiger charge is 2.43. The summed E-state index contributed by atoms with van der Waals surface area (Å²) in [5.74, 6) is 0.133. The first-order valence-electron chi connectivity index (χ1n) is 7.82. The highest BCUT2D eigenvalue weighted by molar-refractivity contribution is 5.95. The fourth-order valence-corrected chi connectivity index (χ4v) is 4.21. The molecule has 0 radical (unpaired) electrons. The van der Waals surface area contributed by atoms with E-state index in [1.807, 2.05) is 0 Å². The molecule has 3 heteroatoms. The Morgan fingerprint density at radius 1 is 1.33 bits per heavy atom. The monoisotopic (exact) mass is 284 g/mol. The van der Waals surface area contributed by atoms with E-state index < -0.39 is 0 Å². The van der Waals surface area contributed by atoms with E-state index >= 15 is 0 Å². The molecule has 3 rings (SSSR count). The van der Waals surface area contributed by atoms with Crippen LogP contribution >= 0.6 is 0 Å². The number of benzene rings is 1. The number of rotatable bonds is 1.